The molecule has 0 fully saturated rings. The van der Waals surface area contributed by atoms with Gasteiger partial charge in [0.2, 0.25) is 5.95 Å². The van der Waals surface area contributed by atoms with Crippen LogP contribution in [0.4, 0.5) is 5.95 Å². The van der Waals surface area contributed by atoms with Gasteiger partial charge in [-0.05, 0) is 42.2 Å². The van der Waals surface area contributed by atoms with E-state index >= 15 is 0 Å². The maximum atomic E-state index is 12.2. The summed E-state index contributed by atoms with van der Waals surface area (Å²) in [6.07, 6.45) is 0. The molecule has 2 N–H and O–H groups in total. The van der Waals surface area contributed by atoms with Gasteiger partial charge in [-0.3, -0.25) is 15.2 Å². The van der Waals surface area contributed by atoms with Crippen molar-refractivity contribution in [3.63, 3.8) is 0 Å². The lowest BCUT2D eigenvalue weighted by Crippen LogP contribution is -2.21. The molecule has 7 heteroatoms. The highest BCUT2D eigenvalue weighted by atomic mass is 16.5. The first-order valence-corrected chi connectivity index (χ1v) is 9.07. The van der Waals surface area contributed by atoms with Crippen LogP contribution in [0.15, 0.2) is 42.5 Å². The zero-order valence-corrected chi connectivity index (χ0v) is 16.4. The van der Waals surface area contributed by atoms with Crippen molar-refractivity contribution in [1.29, 1.82) is 0 Å². The summed E-state index contributed by atoms with van der Waals surface area (Å²) in [7, 11) is 1.59. The Morgan fingerprint density at radius 2 is 1.96 bits per heavy atom. The molecule has 0 spiro atoms. The van der Waals surface area contributed by atoms with Gasteiger partial charge in [-0.1, -0.05) is 38.1 Å². The Kier molecular flexibility index (Phi) is 5.93. The van der Waals surface area contributed by atoms with Gasteiger partial charge < -0.3 is 9.47 Å². The Hall–Kier alpha value is -3.35. The minimum Gasteiger partial charge on any atom is -0.496 e. The highest BCUT2D eigenvalue weighted by Crippen LogP contribution is 2.27. The number of nitrogens with one attached hydrogen (secondary N) is 2. The average Bonchev–Trinajstić information content (AvgIpc) is 3.15. The molecular formula is C21H24N4O3. The standard InChI is InChI=1S/C21H24N4O3/c1-13(2)15-10-9-14(3)18(11-15)28-12-19(26)22-21-23-20(24-25-21)16-7-5-6-8-17(16)27-4/h5-11,13H,12H2,1-4H3,(H2,22,23,24,25,26). The Morgan fingerprint density at radius 1 is 1.18 bits per heavy atom. The molecule has 0 aliphatic carbocycles. The molecule has 0 aliphatic rings. The first-order valence-electron chi connectivity index (χ1n) is 9.07. The predicted octanol–water partition coefficient (Wildman–Crippen LogP) is 3.93. The van der Waals surface area contributed by atoms with Crippen molar-refractivity contribution in [2.45, 2.75) is 26.7 Å². The molecule has 1 heterocycles. The second kappa shape index (κ2) is 8.56. The zero-order valence-electron chi connectivity index (χ0n) is 16.4. The molecule has 0 aliphatic heterocycles. The first-order chi connectivity index (χ1) is 13.5. The molecule has 7 nitrogen and oxygen atoms in total. The number of rotatable bonds is 7. The number of aryl methyl sites for hydroxylation is 1. The van der Waals surface area contributed by atoms with E-state index in [1.165, 1.54) is 0 Å². The lowest BCUT2D eigenvalue weighted by atomic mass is 10.0. The van der Waals surface area contributed by atoms with Crippen molar-refractivity contribution in [3.05, 3.63) is 53.6 Å². The molecule has 1 aromatic heterocycles. The van der Waals surface area contributed by atoms with Gasteiger partial charge in [0.25, 0.3) is 5.91 Å². The number of benzene rings is 2. The van der Waals surface area contributed by atoms with Crippen LogP contribution in [0.25, 0.3) is 11.4 Å². The van der Waals surface area contributed by atoms with Crippen LogP contribution in [-0.2, 0) is 4.79 Å². The SMILES string of the molecule is COc1ccccc1-c1nc(NC(=O)COc2cc(C(C)C)ccc2C)n[nH]1. The van der Waals surface area contributed by atoms with E-state index in [1.54, 1.807) is 7.11 Å². The second-order valence-electron chi connectivity index (χ2n) is 6.72. The van der Waals surface area contributed by atoms with E-state index in [-0.39, 0.29) is 18.5 Å². The maximum absolute atomic E-state index is 12.2. The molecule has 1 amide bonds. The Morgan fingerprint density at radius 3 is 2.71 bits per heavy atom. The minimum absolute atomic E-state index is 0.124. The third kappa shape index (κ3) is 4.49. The number of H-pyrrole nitrogens is 1. The third-order valence-corrected chi connectivity index (χ3v) is 4.34. The van der Waals surface area contributed by atoms with Gasteiger partial charge >= 0.3 is 0 Å². The quantitative estimate of drug-likeness (QED) is 0.648. The van der Waals surface area contributed by atoms with Crippen molar-refractivity contribution >= 4 is 11.9 Å². The average molecular weight is 380 g/mol. The first kappa shape index (κ1) is 19.4. The van der Waals surface area contributed by atoms with Crippen molar-refractivity contribution in [2.75, 3.05) is 19.0 Å². The summed E-state index contributed by atoms with van der Waals surface area (Å²) in [4.78, 5) is 16.5. The summed E-state index contributed by atoms with van der Waals surface area (Å²) in [6, 6.07) is 13.5. The second-order valence-corrected chi connectivity index (χ2v) is 6.72. The number of carbonyl (C=O) groups excluding carboxylic acids is 1. The molecule has 2 aromatic carbocycles. The molecule has 3 aromatic rings. The molecule has 0 unspecified atom stereocenters. The summed E-state index contributed by atoms with van der Waals surface area (Å²) in [5.41, 5.74) is 2.90. The van der Waals surface area contributed by atoms with Gasteiger partial charge in [0, 0.05) is 0 Å². The van der Waals surface area contributed by atoms with Crippen LogP contribution < -0.4 is 14.8 Å². The molecule has 28 heavy (non-hydrogen) atoms. The van der Waals surface area contributed by atoms with Crippen molar-refractivity contribution in [1.82, 2.24) is 15.2 Å². The van der Waals surface area contributed by atoms with Crippen LogP contribution in [-0.4, -0.2) is 34.8 Å². The summed E-state index contributed by atoms with van der Waals surface area (Å²) in [5, 5.41) is 9.49. The number of carbonyl (C=O) groups is 1. The van der Waals surface area contributed by atoms with Gasteiger partial charge in [-0.2, -0.15) is 4.98 Å². The number of hydrogen-bond donors (Lipinski definition) is 2. The number of aromatic amines is 1. The van der Waals surface area contributed by atoms with Crippen LogP contribution in [0.5, 0.6) is 11.5 Å². The monoisotopic (exact) mass is 380 g/mol. The fourth-order valence-electron chi connectivity index (χ4n) is 2.71. The van der Waals surface area contributed by atoms with E-state index in [2.05, 4.69) is 40.4 Å². The minimum atomic E-state index is -0.333. The smallest absolute Gasteiger partial charge is 0.264 e. The van der Waals surface area contributed by atoms with E-state index in [0.29, 0.717) is 23.2 Å². The fourth-order valence-corrected chi connectivity index (χ4v) is 2.71. The topological polar surface area (TPSA) is 89.1 Å². The van der Waals surface area contributed by atoms with Crippen LogP contribution in [0, 0.1) is 6.92 Å². The number of amides is 1. The number of nitrogens with zero attached hydrogens (tertiary/aromatic N) is 2. The van der Waals surface area contributed by atoms with Crippen LogP contribution in [0.1, 0.15) is 30.9 Å². The van der Waals surface area contributed by atoms with E-state index in [0.717, 1.165) is 16.7 Å². The highest BCUT2D eigenvalue weighted by molar-refractivity contribution is 5.90. The lowest BCUT2D eigenvalue weighted by Gasteiger charge is -2.12. The van der Waals surface area contributed by atoms with Gasteiger partial charge in [0.05, 0.1) is 12.7 Å². The summed E-state index contributed by atoms with van der Waals surface area (Å²) >= 11 is 0. The Labute approximate surface area is 164 Å². The summed E-state index contributed by atoms with van der Waals surface area (Å²) in [5.74, 6) is 2.11. The van der Waals surface area contributed by atoms with Crippen molar-refractivity contribution in [3.8, 4) is 22.9 Å². The van der Waals surface area contributed by atoms with Crippen LogP contribution in [0.3, 0.4) is 0 Å². The number of aromatic nitrogens is 3. The fraction of sp³-hybridized carbons (Fsp3) is 0.286. The highest BCUT2D eigenvalue weighted by Gasteiger charge is 2.13. The van der Waals surface area contributed by atoms with E-state index < -0.39 is 0 Å². The number of para-hydroxylation sites is 1. The Bertz CT molecular complexity index is 966. The summed E-state index contributed by atoms with van der Waals surface area (Å²) < 4.78 is 11.0. The maximum Gasteiger partial charge on any atom is 0.264 e. The molecule has 3 rings (SSSR count). The molecule has 0 saturated heterocycles. The molecule has 0 radical (unpaired) electrons. The molecular weight excluding hydrogens is 356 g/mol. The lowest BCUT2D eigenvalue weighted by molar-refractivity contribution is -0.118. The van der Waals surface area contributed by atoms with Gasteiger partial charge in [0.1, 0.15) is 11.5 Å². The van der Waals surface area contributed by atoms with E-state index in [4.69, 9.17) is 9.47 Å². The number of hydrogen-bond acceptors (Lipinski definition) is 5. The normalized spacial score (nSPS) is 10.8. The molecule has 0 saturated carbocycles. The number of ether oxygens (including phenoxy) is 2. The third-order valence-electron chi connectivity index (χ3n) is 4.34. The van der Waals surface area contributed by atoms with Gasteiger partial charge in [-0.15, -0.1) is 5.10 Å². The predicted molar refractivity (Wildman–Crippen MR) is 108 cm³/mol. The van der Waals surface area contributed by atoms with Gasteiger partial charge in [-0.25, -0.2) is 0 Å². The van der Waals surface area contributed by atoms with Gasteiger partial charge in [0.15, 0.2) is 12.4 Å². The Balaban J connectivity index is 1.63. The molecule has 0 bridgehead atoms. The molecule has 146 valence electrons. The summed E-state index contributed by atoms with van der Waals surface area (Å²) in [6.45, 7) is 6.06. The molecule has 0 atom stereocenters. The van der Waals surface area contributed by atoms with Crippen molar-refractivity contribution in [2.24, 2.45) is 0 Å². The van der Waals surface area contributed by atoms with Crippen LogP contribution in [0.2, 0.25) is 0 Å². The van der Waals surface area contributed by atoms with Crippen molar-refractivity contribution < 1.29 is 14.3 Å². The van der Waals surface area contributed by atoms with E-state index in [1.807, 2.05) is 43.3 Å². The van der Waals surface area contributed by atoms with E-state index in [9.17, 15) is 4.79 Å². The zero-order chi connectivity index (χ0) is 20.1. The number of methoxy groups -OCH3 is 1. The number of anilines is 1. The largest absolute Gasteiger partial charge is 0.496 e. The van der Waals surface area contributed by atoms with Crippen LogP contribution >= 0.6 is 0 Å².